The lowest BCUT2D eigenvalue weighted by Gasteiger charge is -2.22. The predicted molar refractivity (Wildman–Crippen MR) is 138 cm³/mol. The van der Waals surface area contributed by atoms with Gasteiger partial charge in [0.25, 0.3) is 7.52 Å². The second-order valence-corrected chi connectivity index (χ2v) is 10.5. The summed E-state index contributed by atoms with van der Waals surface area (Å²) in [4.78, 5) is 24.7. The first-order valence-electron chi connectivity index (χ1n) is 11.7. The summed E-state index contributed by atoms with van der Waals surface area (Å²) in [5.41, 5.74) is 8.63. The molecule has 0 fully saturated rings. The third kappa shape index (κ3) is 7.68. The van der Waals surface area contributed by atoms with Crippen LogP contribution >= 0.6 is 7.52 Å². The van der Waals surface area contributed by atoms with Gasteiger partial charge >= 0.3 is 5.97 Å². The molecule has 12 heteroatoms. The average Bonchev–Trinajstić information content (AvgIpc) is 3.33. The molecule has 0 spiro atoms. The van der Waals surface area contributed by atoms with Crippen LogP contribution in [0.2, 0.25) is 0 Å². The van der Waals surface area contributed by atoms with E-state index < -0.39 is 13.5 Å². The minimum atomic E-state index is -3.58. The van der Waals surface area contributed by atoms with E-state index in [1.54, 1.807) is 10.9 Å². The Bertz CT molecular complexity index is 1350. The standard InChI is InChI=1S/C25H29N6O5P/c1-19(13-31-17-29-23-24(26)27-16-28-25(23)31)35-18-37(33,36-15-21-10-6-3-7-11-21)30-12-22(32)34-14-20-8-4-2-5-9-20/h2-11,16-17,19H,12-15,18H2,1H3,(H,30,33)(H2,26,27,28)/t19-,37-/m1/s1. The summed E-state index contributed by atoms with van der Waals surface area (Å²) < 4.78 is 32.3. The van der Waals surface area contributed by atoms with E-state index in [2.05, 4.69) is 20.0 Å². The molecule has 0 bridgehead atoms. The van der Waals surface area contributed by atoms with Crippen LogP contribution in [0.5, 0.6) is 0 Å². The van der Waals surface area contributed by atoms with Gasteiger partial charge in [-0.15, -0.1) is 0 Å². The number of carbonyl (C=O) groups excluding carboxylic acids is 1. The summed E-state index contributed by atoms with van der Waals surface area (Å²) >= 11 is 0. The van der Waals surface area contributed by atoms with Crippen LogP contribution in [0.15, 0.2) is 73.3 Å². The number of imidazole rings is 1. The molecule has 0 amide bonds. The molecule has 0 aliphatic carbocycles. The van der Waals surface area contributed by atoms with Crippen LogP contribution < -0.4 is 10.8 Å². The van der Waals surface area contributed by atoms with Crippen molar-refractivity contribution in [2.45, 2.75) is 32.8 Å². The minimum absolute atomic E-state index is 0.0876. The van der Waals surface area contributed by atoms with Crippen molar-refractivity contribution < 1.29 is 23.4 Å². The fraction of sp³-hybridized carbons (Fsp3) is 0.280. The smallest absolute Gasteiger partial charge is 0.320 e. The molecule has 11 nitrogen and oxygen atoms in total. The molecule has 3 N–H and O–H groups in total. The van der Waals surface area contributed by atoms with Gasteiger partial charge in [0.2, 0.25) is 0 Å². The highest BCUT2D eigenvalue weighted by Crippen LogP contribution is 2.43. The third-order valence-corrected chi connectivity index (χ3v) is 7.08. The van der Waals surface area contributed by atoms with Gasteiger partial charge in [-0.05, 0) is 18.1 Å². The van der Waals surface area contributed by atoms with E-state index in [-0.39, 0.29) is 32.2 Å². The molecule has 2 aromatic carbocycles. The van der Waals surface area contributed by atoms with Gasteiger partial charge in [-0.3, -0.25) is 9.36 Å². The molecule has 0 aliphatic heterocycles. The molecular formula is C25H29N6O5P. The lowest BCUT2D eigenvalue weighted by molar-refractivity contribution is -0.143. The molecule has 194 valence electrons. The number of nitrogens with one attached hydrogen (secondary N) is 1. The Kier molecular flexibility index (Phi) is 8.97. The number of rotatable bonds is 13. The van der Waals surface area contributed by atoms with E-state index in [0.29, 0.717) is 23.5 Å². The van der Waals surface area contributed by atoms with Gasteiger partial charge in [-0.2, -0.15) is 0 Å². The average molecular weight is 525 g/mol. The minimum Gasteiger partial charge on any atom is -0.460 e. The molecule has 0 unspecified atom stereocenters. The number of nitrogen functional groups attached to an aromatic ring is 1. The number of benzene rings is 2. The number of carbonyl (C=O) groups is 1. The zero-order valence-electron chi connectivity index (χ0n) is 20.4. The van der Waals surface area contributed by atoms with Crippen molar-refractivity contribution in [3.05, 3.63) is 84.4 Å². The molecule has 2 heterocycles. The molecule has 4 rings (SSSR count). The summed E-state index contributed by atoms with van der Waals surface area (Å²) in [6.45, 7) is 2.12. The first-order valence-corrected chi connectivity index (χ1v) is 13.5. The van der Waals surface area contributed by atoms with Gasteiger partial charge in [0.15, 0.2) is 11.5 Å². The highest BCUT2D eigenvalue weighted by atomic mass is 31.2. The van der Waals surface area contributed by atoms with E-state index in [0.717, 1.165) is 11.1 Å². The van der Waals surface area contributed by atoms with Gasteiger partial charge in [-0.25, -0.2) is 20.0 Å². The van der Waals surface area contributed by atoms with Crippen molar-refractivity contribution in [2.75, 3.05) is 18.6 Å². The van der Waals surface area contributed by atoms with E-state index in [1.165, 1.54) is 6.33 Å². The van der Waals surface area contributed by atoms with E-state index in [4.69, 9.17) is 19.7 Å². The maximum Gasteiger partial charge on any atom is 0.320 e. The number of hydrogen-bond donors (Lipinski definition) is 2. The molecule has 0 aliphatic rings. The molecule has 2 aromatic heterocycles. The molecule has 0 saturated carbocycles. The molecular weight excluding hydrogens is 495 g/mol. The molecule has 0 saturated heterocycles. The Balaban J connectivity index is 1.35. The normalized spacial score (nSPS) is 13.8. The quantitative estimate of drug-likeness (QED) is 0.197. The number of ether oxygens (including phenoxy) is 2. The fourth-order valence-corrected chi connectivity index (χ4v) is 4.88. The Labute approximate surface area is 214 Å². The first kappa shape index (κ1) is 26.4. The number of esters is 1. The van der Waals surface area contributed by atoms with Crippen LogP contribution in [0.1, 0.15) is 18.1 Å². The van der Waals surface area contributed by atoms with Crippen molar-refractivity contribution in [2.24, 2.45) is 0 Å². The van der Waals surface area contributed by atoms with Crippen molar-refractivity contribution in [1.82, 2.24) is 24.6 Å². The van der Waals surface area contributed by atoms with E-state index in [9.17, 15) is 9.36 Å². The third-order valence-electron chi connectivity index (χ3n) is 5.40. The topological polar surface area (TPSA) is 143 Å². The Morgan fingerprint density at radius 1 is 1.03 bits per heavy atom. The summed E-state index contributed by atoms with van der Waals surface area (Å²) in [7, 11) is -3.58. The number of nitrogens with zero attached hydrogens (tertiary/aromatic N) is 4. The lowest BCUT2D eigenvalue weighted by atomic mass is 10.2. The lowest BCUT2D eigenvalue weighted by Crippen LogP contribution is -2.26. The second-order valence-electron chi connectivity index (χ2n) is 8.35. The van der Waals surface area contributed by atoms with Gasteiger partial charge in [-0.1, -0.05) is 60.7 Å². The highest BCUT2D eigenvalue weighted by Gasteiger charge is 2.26. The maximum atomic E-state index is 13.6. The van der Waals surface area contributed by atoms with Gasteiger partial charge in [0.05, 0.1) is 25.6 Å². The number of nitrogens with two attached hydrogens (primary N) is 1. The van der Waals surface area contributed by atoms with E-state index in [1.807, 2.05) is 67.6 Å². The summed E-state index contributed by atoms with van der Waals surface area (Å²) in [5, 5.41) is 2.73. The zero-order chi connectivity index (χ0) is 26.1. The Morgan fingerprint density at radius 2 is 1.70 bits per heavy atom. The van der Waals surface area contributed by atoms with Crippen LogP contribution in [0.4, 0.5) is 5.82 Å². The van der Waals surface area contributed by atoms with Crippen molar-refractivity contribution in [1.29, 1.82) is 0 Å². The molecule has 4 aromatic rings. The molecule has 37 heavy (non-hydrogen) atoms. The van der Waals surface area contributed by atoms with Gasteiger partial charge < -0.3 is 24.3 Å². The van der Waals surface area contributed by atoms with Gasteiger partial charge in [0, 0.05) is 0 Å². The maximum absolute atomic E-state index is 13.6. The second kappa shape index (κ2) is 12.6. The predicted octanol–water partition coefficient (Wildman–Crippen LogP) is 3.51. The van der Waals surface area contributed by atoms with Crippen molar-refractivity contribution in [3.8, 4) is 0 Å². The number of fused-ring (bicyclic) bond motifs is 1. The Hall–Kier alpha value is -3.63. The highest BCUT2D eigenvalue weighted by molar-refractivity contribution is 7.56. The SMILES string of the molecule is C[C@H](Cn1cnc2c(N)ncnc21)OC[P@](=O)(NCC(=O)OCc1ccccc1)OCc1ccccc1. The zero-order valence-corrected chi connectivity index (χ0v) is 21.3. The number of hydrogen-bond acceptors (Lipinski definition) is 9. The molecule has 2 atom stereocenters. The fourth-order valence-electron chi connectivity index (χ4n) is 3.44. The van der Waals surface area contributed by atoms with Crippen LogP contribution in [-0.4, -0.2) is 44.5 Å². The first-order chi connectivity index (χ1) is 17.9. The summed E-state index contributed by atoms with van der Waals surface area (Å²) in [6.07, 6.45) is 2.33. The van der Waals surface area contributed by atoms with Crippen LogP contribution in [0, 0.1) is 0 Å². The summed E-state index contributed by atoms with van der Waals surface area (Å²) in [5.74, 6) is -0.262. The van der Waals surface area contributed by atoms with Crippen LogP contribution in [0.25, 0.3) is 11.2 Å². The van der Waals surface area contributed by atoms with Crippen molar-refractivity contribution >= 4 is 30.5 Å². The number of aromatic nitrogens is 4. The van der Waals surface area contributed by atoms with Crippen LogP contribution in [0.3, 0.4) is 0 Å². The molecule has 0 radical (unpaired) electrons. The number of anilines is 1. The Morgan fingerprint density at radius 3 is 2.41 bits per heavy atom. The summed E-state index contributed by atoms with van der Waals surface area (Å²) in [6, 6.07) is 18.6. The van der Waals surface area contributed by atoms with Crippen molar-refractivity contribution in [3.63, 3.8) is 0 Å². The monoisotopic (exact) mass is 524 g/mol. The van der Waals surface area contributed by atoms with Crippen LogP contribution in [-0.2, 0) is 43.1 Å². The van der Waals surface area contributed by atoms with E-state index >= 15 is 0 Å². The largest absolute Gasteiger partial charge is 0.460 e. The van der Waals surface area contributed by atoms with Gasteiger partial charge in [0.1, 0.15) is 31.3 Å².